The van der Waals surface area contributed by atoms with E-state index in [2.05, 4.69) is 15.3 Å². The summed E-state index contributed by atoms with van der Waals surface area (Å²) in [6.45, 7) is 1.87. The number of imidazole rings is 1. The highest BCUT2D eigenvalue weighted by molar-refractivity contribution is 5.64. The Morgan fingerprint density at radius 2 is 2.32 bits per heavy atom. The summed E-state index contributed by atoms with van der Waals surface area (Å²) in [5.41, 5.74) is 0.396. The van der Waals surface area contributed by atoms with Crippen LogP contribution in [0.25, 0.3) is 0 Å². The predicted molar refractivity (Wildman–Crippen MR) is 70.3 cm³/mol. The van der Waals surface area contributed by atoms with Crippen molar-refractivity contribution in [2.24, 2.45) is 0 Å². The van der Waals surface area contributed by atoms with Crippen LogP contribution in [0.15, 0.2) is 30.6 Å². The molecule has 0 fully saturated rings. The molecule has 19 heavy (non-hydrogen) atoms. The van der Waals surface area contributed by atoms with Gasteiger partial charge in [0, 0.05) is 12.4 Å². The van der Waals surface area contributed by atoms with Crippen LogP contribution in [0.1, 0.15) is 18.8 Å². The number of nitrogens with zero attached hydrogens (tertiary/aromatic N) is 2. The van der Waals surface area contributed by atoms with Crippen molar-refractivity contribution in [3.8, 4) is 5.75 Å². The summed E-state index contributed by atoms with van der Waals surface area (Å²) in [5, 5.41) is 14.1. The maximum absolute atomic E-state index is 11.0. The van der Waals surface area contributed by atoms with Crippen LogP contribution in [0.4, 0.5) is 11.4 Å². The minimum atomic E-state index is -0.445. The summed E-state index contributed by atoms with van der Waals surface area (Å²) in [4.78, 5) is 17.7. The number of H-pyrrole nitrogens is 1. The van der Waals surface area contributed by atoms with Crippen molar-refractivity contribution in [3.63, 3.8) is 0 Å². The Kier molecular flexibility index (Phi) is 3.65. The molecule has 100 valence electrons. The van der Waals surface area contributed by atoms with Gasteiger partial charge in [0.2, 0.25) is 0 Å². The normalized spacial score (nSPS) is 11.9. The topological polar surface area (TPSA) is 93.1 Å². The van der Waals surface area contributed by atoms with Gasteiger partial charge in [0.15, 0.2) is 0 Å². The van der Waals surface area contributed by atoms with Crippen LogP contribution in [-0.4, -0.2) is 22.0 Å². The Labute approximate surface area is 109 Å². The van der Waals surface area contributed by atoms with Gasteiger partial charge in [-0.2, -0.15) is 0 Å². The number of aromatic nitrogens is 2. The maximum Gasteiger partial charge on any atom is 0.296 e. The first kappa shape index (κ1) is 12.9. The third-order valence-corrected chi connectivity index (χ3v) is 2.70. The lowest BCUT2D eigenvalue weighted by molar-refractivity contribution is -0.384. The Morgan fingerprint density at radius 3 is 2.89 bits per heavy atom. The van der Waals surface area contributed by atoms with Crippen LogP contribution in [0.5, 0.6) is 5.75 Å². The molecular formula is C12H14N4O3. The lowest BCUT2D eigenvalue weighted by atomic mass is 10.2. The van der Waals surface area contributed by atoms with E-state index < -0.39 is 4.92 Å². The number of methoxy groups -OCH3 is 1. The molecule has 1 atom stereocenters. The highest BCUT2D eigenvalue weighted by Gasteiger charge is 2.18. The molecule has 7 heteroatoms. The summed E-state index contributed by atoms with van der Waals surface area (Å²) in [6.07, 6.45) is 3.34. The van der Waals surface area contributed by atoms with E-state index in [4.69, 9.17) is 4.74 Å². The molecule has 0 aliphatic rings. The summed E-state index contributed by atoms with van der Waals surface area (Å²) in [6, 6.07) is 4.51. The molecule has 0 bridgehead atoms. The Bertz CT molecular complexity index is 568. The van der Waals surface area contributed by atoms with Gasteiger partial charge in [0.05, 0.1) is 24.1 Å². The number of ether oxygens (including phenoxy) is 1. The molecule has 0 radical (unpaired) electrons. The van der Waals surface area contributed by atoms with Crippen molar-refractivity contribution in [2.45, 2.75) is 13.0 Å². The van der Waals surface area contributed by atoms with Gasteiger partial charge in [0.1, 0.15) is 17.3 Å². The molecule has 1 aromatic heterocycles. The minimum Gasteiger partial charge on any atom is -0.496 e. The van der Waals surface area contributed by atoms with Crippen LogP contribution in [0.2, 0.25) is 0 Å². The van der Waals surface area contributed by atoms with E-state index in [1.807, 2.05) is 6.92 Å². The van der Waals surface area contributed by atoms with Gasteiger partial charge in [0.25, 0.3) is 5.69 Å². The van der Waals surface area contributed by atoms with Gasteiger partial charge >= 0.3 is 0 Å². The van der Waals surface area contributed by atoms with Gasteiger partial charge in [-0.15, -0.1) is 0 Å². The molecule has 2 N–H and O–H groups in total. The average Bonchev–Trinajstić information content (AvgIpc) is 2.92. The van der Waals surface area contributed by atoms with E-state index in [0.717, 1.165) is 0 Å². The lowest BCUT2D eigenvalue weighted by Crippen LogP contribution is -2.09. The number of nitro groups is 1. The molecule has 0 spiro atoms. The first-order valence-corrected chi connectivity index (χ1v) is 5.70. The average molecular weight is 262 g/mol. The molecule has 1 heterocycles. The number of rotatable bonds is 5. The van der Waals surface area contributed by atoms with Crippen LogP contribution < -0.4 is 10.1 Å². The SMILES string of the molecule is COc1ccc(NC(C)c2ncc[nH]2)c([N+](=O)[O-])c1. The molecule has 0 amide bonds. The van der Waals surface area contributed by atoms with E-state index in [-0.39, 0.29) is 11.7 Å². The van der Waals surface area contributed by atoms with Crippen molar-refractivity contribution in [2.75, 3.05) is 12.4 Å². The van der Waals surface area contributed by atoms with Gasteiger partial charge in [-0.05, 0) is 19.1 Å². The zero-order chi connectivity index (χ0) is 13.8. The molecule has 1 aromatic carbocycles. The second-order valence-electron chi connectivity index (χ2n) is 3.98. The molecule has 2 rings (SSSR count). The monoisotopic (exact) mass is 262 g/mol. The fourth-order valence-corrected chi connectivity index (χ4v) is 1.73. The Balaban J connectivity index is 2.27. The first-order chi connectivity index (χ1) is 9.11. The predicted octanol–water partition coefficient (Wildman–Crippen LogP) is 2.50. The van der Waals surface area contributed by atoms with E-state index >= 15 is 0 Å². The minimum absolute atomic E-state index is 0.0299. The summed E-state index contributed by atoms with van der Waals surface area (Å²) in [7, 11) is 1.47. The number of nitrogens with one attached hydrogen (secondary N) is 2. The Hall–Kier alpha value is -2.57. The van der Waals surface area contributed by atoms with Gasteiger partial charge in [-0.25, -0.2) is 4.98 Å². The third kappa shape index (κ3) is 2.82. The van der Waals surface area contributed by atoms with Gasteiger partial charge in [-0.1, -0.05) is 0 Å². The lowest BCUT2D eigenvalue weighted by Gasteiger charge is -2.13. The molecule has 0 saturated carbocycles. The highest BCUT2D eigenvalue weighted by atomic mass is 16.6. The van der Waals surface area contributed by atoms with Crippen molar-refractivity contribution in [1.82, 2.24) is 9.97 Å². The summed E-state index contributed by atoms with van der Waals surface area (Å²) in [5.74, 6) is 1.16. The second kappa shape index (κ2) is 5.38. The molecule has 2 aromatic rings. The quantitative estimate of drug-likeness (QED) is 0.637. The molecule has 0 aliphatic heterocycles. The van der Waals surface area contributed by atoms with E-state index in [1.165, 1.54) is 13.2 Å². The number of hydrogen-bond donors (Lipinski definition) is 2. The van der Waals surface area contributed by atoms with Gasteiger partial charge in [-0.3, -0.25) is 10.1 Å². The van der Waals surface area contributed by atoms with Gasteiger partial charge < -0.3 is 15.0 Å². The largest absolute Gasteiger partial charge is 0.496 e. The zero-order valence-corrected chi connectivity index (χ0v) is 10.6. The Morgan fingerprint density at radius 1 is 1.53 bits per heavy atom. The fraction of sp³-hybridized carbons (Fsp3) is 0.250. The smallest absolute Gasteiger partial charge is 0.296 e. The molecule has 0 saturated heterocycles. The van der Waals surface area contributed by atoms with Crippen LogP contribution >= 0.6 is 0 Å². The molecule has 1 unspecified atom stereocenters. The molecular weight excluding hydrogens is 248 g/mol. The van der Waals surface area contributed by atoms with Crippen LogP contribution in [-0.2, 0) is 0 Å². The number of benzene rings is 1. The zero-order valence-electron chi connectivity index (χ0n) is 10.6. The fourth-order valence-electron chi connectivity index (χ4n) is 1.73. The molecule has 0 aliphatic carbocycles. The van der Waals surface area contributed by atoms with E-state index in [9.17, 15) is 10.1 Å². The van der Waals surface area contributed by atoms with E-state index in [0.29, 0.717) is 17.3 Å². The number of anilines is 1. The van der Waals surface area contributed by atoms with Crippen molar-refractivity contribution in [1.29, 1.82) is 0 Å². The highest BCUT2D eigenvalue weighted by Crippen LogP contribution is 2.31. The summed E-state index contributed by atoms with van der Waals surface area (Å²) < 4.78 is 4.99. The van der Waals surface area contributed by atoms with Crippen molar-refractivity contribution < 1.29 is 9.66 Å². The van der Waals surface area contributed by atoms with E-state index in [1.54, 1.807) is 24.5 Å². The standard InChI is InChI=1S/C12H14N4O3/c1-8(12-13-5-6-14-12)15-10-4-3-9(19-2)7-11(10)16(17)18/h3-8,15H,1-2H3,(H,13,14). The number of nitro benzene ring substituents is 1. The maximum atomic E-state index is 11.0. The number of hydrogen-bond acceptors (Lipinski definition) is 5. The first-order valence-electron chi connectivity index (χ1n) is 5.70. The molecule has 7 nitrogen and oxygen atoms in total. The van der Waals surface area contributed by atoms with Crippen LogP contribution in [0, 0.1) is 10.1 Å². The van der Waals surface area contributed by atoms with Crippen molar-refractivity contribution in [3.05, 3.63) is 46.5 Å². The van der Waals surface area contributed by atoms with Crippen molar-refractivity contribution >= 4 is 11.4 Å². The number of aromatic amines is 1. The second-order valence-corrected chi connectivity index (χ2v) is 3.98. The van der Waals surface area contributed by atoms with Crippen LogP contribution in [0.3, 0.4) is 0 Å². The third-order valence-electron chi connectivity index (χ3n) is 2.70. The summed E-state index contributed by atoms with van der Waals surface area (Å²) >= 11 is 0.